The van der Waals surface area contributed by atoms with E-state index in [0.717, 1.165) is 0 Å². The SMILES string of the molecule is CC(=O)c1ccc(O[C@@H]2O[C@H](CO)[C@@H](O)[C@H](O)[C@H]2O)c(/C=C/C(C)(C)C)c1. The molecule has 1 aliphatic heterocycles. The average molecular weight is 380 g/mol. The van der Waals surface area contributed by atoms with E-state index in [1.54, 1.807) is 18.2 Å². The molecule has 7 heteroatoms. The lowest BCUT2D eigenvalue weighted by atomic mass is 9.94. The Hall–Kier alpha value is -1.77. The molecule has 0 amide bonds. The molecule has 0 spiro atoms. The second-order valence-electron chi connectivity index (χ2n) is 7.82. The summed E-state index contributed by atoms with van der Waals surface area (Å²) in [7, 11) is 0. The lowest BCUT2D eigenvalue weighted by Crippen LogP contribution is -2.60. The van der Waals surface area contributed by atoms with Crippen LogP contribution < -0.4 is 4.74 Å². The van der Waals surface area contributed by atoms with Gasteiger partial charge in [0.15, 0.2) is 5.78 Å². The maximum Gasteiger partial charge on any atom is 0.229 e. The first kappa shape index (κ1) is 21.5. The monoisotopic (exact) mass is 380 g/mol. The van der Waals surface area contributed by atoms with Crippen molar-refractivity contribution in [3.8, 4) is 5.75 Å². The number of carbonyl (C=O) groups excluding carboxylic acids is 1. The highest BCUT2D eigenvalue weighted by Crippen LogP contribution is 2.29. The molecule has 150 valence electrons. The predicted octanol–water partition coefficient (Wildman–Crippen LogP) is 1.13. The summed E-state index contributed by atoms with van der Waals surface area (Å²) in [6.07, 6.45) is -3.06. The highest BCUT2D eigenvalue weighted by molar-refractivity contribution is 5.95. The van der Waals surface area contributed by atoms with Gasteiger partial charge in [-0.3, -0.25) is 4.79 Å². The van der Waals surface area contributed by atoms with Gasteiger partial charge in [-0.15, -0.1) is 0 Å². The van der Waals surface area contributed by atoms with Crippen LogP contribution in [0.25, 0.3) is 6.08 Å². The van der Waals surface area contributed by atoms with E-state index in [9.17, 15) is 25.2 Å². The van der Waals surface area contributed by atoms with Crippen molar-refractivity contribution in [3.63, 3.8) is 0 Å². The van der Waals surface area contributed by atoms with Gasteiger partial charge in [0.05, 0.1) is 6.61 Å². The summed E-state index contributed by atoms with van der Waals surface area (Å²) in [4.78, 5) is 11.7. The van der Waals surface area contributed by atoms with Crippen LogP contribution in [0.5, 0.6) is 5.75 Å². The Labute approximate surface area is 158 Å². The Morgan fingerprint density at radius 1 is 1.19 bits per heavy atom. The molecule has 0 radical (unpaired) electrons. The van der Waals surface area contributed by atoms with Gasteiger partial charge < -0.3 is 29.9 Å². The summed E-state index contributed by atoms with van der Waals surface area (Å²) >= 11 is 0. The maximum absolute atomic E-state index is 11.7. The highest BCUT2D eigenvalue weighted by Gasteiger charge is 2.44. The molecule has 1 fully saturated rings. The minimum Gasteiger partial charge on any atom is -0.461 e. The molecule has 1 aromatic carbocycles. The predicted molar refractivity (Wildman–Crippen MR) is 99.3 cm³/mol. The molecule has 5 atom stereocenters. The van der Waals surface area contributed by atoms with Gasteiger partial charge in [-0.2, -0.15) is 0 Å². The molecule has 27 heavy (non-hydrogen) atoms. The topological polar surface area (TPSA) is 116 Å². The molecule has 0 aliphatic carbocycles. The van der Waals surface area contributed by atoms with E-state index in [1.807, 2.05) is 32.9 Å². The van der Waals surface area contributed by atoms with E-state index < -0.39 is 37.3 Å². The number of aliphatic hydroxyl groups is 4. The number of carbonyl (C=O) groups is 1. The van der Waals surface area contributed by atoms with Crippen molar-refractivity contribution < 1.29 is 34.7 Å². The van der Waals surface area contributed by atoms with E-state index in [4.69, 9.17) is 9.47 Å². The molecule has 1 heterocycles. The number of ether oxygens (including phenoxy) is 2. The molecule has 0 unspecified atom stereocenters. The van der Waals surface area contributed by atoms with Gasteiger partial charge in [-0.05, 0) is 30.5 Å². The fourth-order valence-electron chi connectivity index (χ4n) is 2.63. The van der Waals surface area contributed by atoms with Crippen molar-refractivity contribution in [2.24, 2.45) is 5.41 Å². The average Bonchev–Trinajstić information content (AvgIpc) is 2.60. The minimum atomic E-state index is -1.52. The lowest BCUT2D eigenvalue weighted by molar-refractivity contribution is -0.277. The van der Waals surface area contributed by atoms with Crippen molar-refractivity contribution >= 4 is 11.9 Å². The van der Waals surface area contributed by atoms with E-state index in [0.29, 0.717) is 16.9 Å². The van der Waals surface area contributed by atoms with Crippen LogP contribution in [0.2, 0.25) is 0 Å². The Bertz CT molecular complexity index is 690. The fraction of sp³-hybridized carbons (Fsp3) is 0.550. The van der Waals surface area contributed by atoms with Gasteiger partial charge in [0.25, 0.3) is 0 Å². The molecule has 1 aliphatic rings. The smallest absolute Gasteiger partial charge is 0.229 e. The molecule has 2 rings (SSSR count). The number of hydrogen-bond donors (Lipinski definition) is 4. The first-order valence-electron chi connectivity index (χ1n) is 8.85. The van der Waals surface area contributed by atoms with Gasteiger partial charge in [0, 0.05) is 11.1 Å². The standard InChI is InChI=1S/C20H28O7/c1-11(22)12-5-6-14(13(9-12)7-8-20(2,3)4)26-19-18(25)17(24)16(23)15(10-21)27-19/h5-9,15-19,21,23-25H,10H2,1-4H3/b8-7+/t15-,16-,17+,18-,19-/m1/s1. The third-order valence-electron chi connectivity index (χ3n) is 4.27. The van der Waals surface area contributed by atoms with Crippen LogP contribution in [-0.2, 0) is 4.74 Å². The summed E-state index contributed by atoms with van der Waals surface area (Å²) in [6, 6.07) is 4.85. The van der Waals surface area contributed by atoms with E-state index in [-0.39, 0.29) is 11.2 Å². The number of hydrogen-bond acceptors (Lipinski definition) is 7. The van der Waals surface area contributed by atoms with Gasteiger partial charge >= 0.3 is 0 Å². The zero-order chi connectivity index (χ0) is 20.4. The van der Waals surface area contributed by atoms with Gasteiger partial charge in [0.2, 0.25) is 6.29 Å². The number of aliphatic hydroxyl groups excluding tert-OH is 4. The van der Waals surface area contributed by atoms with E-state index >= 15 is 0 Å². The Balaban J connectivity index is 2.34. The first-order chi connectivity index (χ1) is 12.5. The first-order valence-corrected chi connectivity index (χ1v) is 8.85. The summed E-state index contributed by atoms with van der Waals surface area (Å²) in [5.74, 6) is 0.240. The molecule has 4 N–H and O–H groups in total. The third kappa shape index (κ3) is 5.37. The minimum absolute atomic E-state index is 0.0974. The lowest BCUT2D eigenvalue weighted by Gasteiger charge is -2.39. The zero-order valence-corrected chi connectivity index (χ0v) is 16.0. The summed E-state index contributed by atoms with van der Waals surface area (Å²) in [6.45, 7) is 7.00. The molecule has 0 saturated carbocycles. The molecule has 0 aromatic heterocycles. The van der Waals surface area contributed by atoms with E-state index in [1.165, 1.54) is 6.92 Å². The Morgan fingerprint density at radius 2 is 1.85 bits per heavy atom. The van der Waals surface area contributed by atoms with Crippen LogP contribution in [-0.4, -0.2) is 63.5 Å². The van der Waals surface area contributed by atoms with E-state index in [2.05, 4.69) is 0 Å². The molecule has 1 aromatic rings. The number of allylic oxidation sites excluding steroid dienone is 1. The van der Waals surface area contributed by atoms with Crippen LogP contribution in [0, 0.1) is 5.41 Å². The van der Waals surface area contributed by atoms with Gasteiger partial charge in [-0.25, -0.2) is 0 Å². The molecular formula is C20H28O7. The van der Waals surface area contributed by atoms with Crippen molar-refractivity contribution in [1.82, 2.24) is 0 Å². The second-order valence-corrected chi connectivity index (χ2v) is 7.82. The number of benzene rings is 1. The molecular weight excluding hydrogens is 352 g/mol. The van der Waals surface area contributed by atoms with Crippen molar-refractivity contribution in [2.45, 2.75) is 58.4 Å². The largest absolute Gasteiger partial charge is 0.461 e. The van der Waals surface area contributed by atoms with Crippen molar-refractivity contribution in [3.05, 3.63) is 35.4 Å². The number of rotatable bonds is 5. The molecule has 1 saturated heterocycles. The van der Waals surface area contributed by atoms with Crippen LogP contribution in [0.4, 0.5) is 0 Å². The molecule has 7 nitrogen and oxygen atoms in total. The Morgan fingerprint density at radius 3 is 2.41 bits per heavy atom. The zero-order valence-electron chi connectivity index (χ0n) is 16.0. The number of ketones is 1. The highest BCUT2D eigenvalue weighted by atomic mass is 16.7. The number of Topliss-reactive ketones (excluding diaryl/α,β-unsaturated/α-hetero) is 1. The molecule has 0 bridgehead atoms. The summed E-state index contributed by atoms with van der Waals surface area (Å²) < 4.78 is 11.1. The fourth-order valence-corrected chi connectivity index (χ4v) is 2.63. The quantitative estimate of drug-likeness (QED) is 0.566. The van der Waals surface area contributed by atoms with Crippen molar-refractivity contribution in [1.29, 1.82) is 0 Å². The summed E-state index contributed by atoms with van der Waals surface area (Å²) in [5, 5.41) is 39.2. The second kappa shape index (κ2) is 8.50. The van der Waals surface area contributed by atoms with Crippen LogP contribution in [0.15, 0.2) is 24.3 Å². The maximum atomic E-state index is 11.7. The normalized spacial score (nSPS) is 29.1. The Kier molecular flexibility index (Phi) is 6.77. The van der Waals surface area contributed by atoms with Crippen molar-refractivity contribution in [2.75, 3.05) is 6.61 Å². The summed E-state index contributed by atoms with van der Waals surface area (Å²) in [5.41, 5.74) is 1.01. The van der Waals surface area contributed by atoms with Crippen LogP contribution >= 0.6 is 0 Å². The third-order valence-corrected chi connectivity index (χ3v) is 4.27. The van der Waals surface area contributed by atoms with Crippen LogP contribution in [0.3, 0.4) is 0 Å². The van der Waals surface area contributed by atoms with Crippen LogP contribution in [0.1, 0.15) is 43.6 Å². The van der Waals surface area contributed by atoms with Gasteiger partial charge in [0.1, 0.15) is 30.2 Å². The van der Waals surface area contributed by atoms with Gasteiger partial charge in [-0.1, -0.05) is 32.9 Å².